The molecule has 2 rings (SSSR count). The summed E-state index contributed by atoms with van der Waals surface area (Å²) in [6.07, 6.45) is 2.32. The Bertz CT molecular complexity index is 486. The molecule has 0 saturated carbocycles. The molecule has 2 heterocycles. The molecule has 0 aliphatic carbocycles. The Morgan fingerprint density at radius 1 is 1.67 bits per heavy atom. The van der Waals surface area contributed by atoms with Crippen molar-refractivity contribution in [1.82, 2.24) is 9.55 Å². The van der Waals surface area contributed by atoms with Crippen molar-refractivity contribution in [1.29, 1.82) is 0 Å². The van der Waals surface area contributed by atoms with Crippen molar-refractivity contribution in [2.24, 2.45) is 5.92 Å². The predicted molar refractivity (Wildman–Crippen MR) is 67.2 cm³/mol. The summed E-state index contributed by atoms with van der Waals surface area (Å²) < 4.78 is 12.4. The Balaban J connectivity index is 2.27. The zero-order chi connectivity index (χ0) is 13.3. The maximum absolute atomic E-state index is 11.8. The van der Waals surface area contributed by atoms with Gasteiger partial charge in [0.1, 0.15) is 12.0 Å². The first-order valence-electron chi connectivity index (χ1n) is 6.02. The number of aryl methyl sites for hydroxylation is 1. The van der Waals surface area contributed by atoms with E-state index in [-0.39, 0.29) is 29.8 Å². The molecule has 2 N–H and O–H groups in total. The molecule has 100 valence electrons. The zero-order valence-corrected chi connectivity index (χ0v) is 10.9. The molecular weight excluding hydrogens is 234 g/mol. The van der Waals surface area contributed by atoms with Crippen molar-refractivity contribution in [3.8, 4) is 0 Å². The van der Waals surface area contributed by atoms with E-state index in [0.29, 0.717) is 6.61 Å². The largest absolute Gasteiger partial charge is 0.383 e. The van der Waals surface area contributed by atoms with Crippen LogP contribution in [0, 0.1) is 12.8 Å². The SMILES string of the molecule is COCC1CC(C)C(n2cc(C)c(N)nc2=O)O1. The van der Waals surface area contributed by atoms with Crippen LogP contribution in [0.15, 0.2) is 11.0 Å². The van der Waals surface area contributed by atoms with Gasteiger partial charge in [0.25, 0.3) is 0 Å². The van der Waals surface area contributed by atoms with E-state index in [1.54, 1.807) is 13.3 Å². The van der Waals surface area contributed by atoms with E-state index in [1.807, 2.05) is 6.92 Å². The third kappa shape index (κ3) is 2.39. The highest BCUT2D eigenvalue weighted by atomic mass is 16.5. The van der Waals surface area contributed by atoms with Crippen LogP contribution in [0.4, 0.5) is 5.82 Å². The summed E-state index contributed by atoms with van der Waals surface area (Å²) in [5, 5.41) is 0. The van der Waals surface area contributed by atoms with Crippen LogP contribution in [0.2, 0.25) is 0 Å². The summed E-state index contributed by atoms with van der Waals surface area (Å²) in [5.41, 5.74) is 6.02. The quantitative estimate of drug-likeness (QED) is 0.858. The van der Waals surface area contributed by atoms with Gasteiger partial charge in [-0.25, -0.2) is 4.79 Å². The number of aromatic nitrogens is 2. The van der Waals surface area contributed by atoms with Crippen LogP contribution in [0.25, 0.3) is 0 Å². The van der Waals surface area contributed by atoms with Gasteiger partial charge in [0.05, 0.1) is 12.7 Å². The Hall–Kier alpha value is -1.40. The molecule has 1 fully saturated rings. The lowest BCUT2D eigenvalue weighted by Gasteiger charge is -2.18. The first kappa shape index (κ1) is 13.0. The lowest BCUT2D eigenvalue weighted by molar-refractivity contribution is -0.0413. The Morgan fingerprint density at radius 3 is 3.06 bits per heavy atom. The maximum atomic E-state index is 11.8. The zero-order valence-electron chi connectivity index (χ0n) is 10.9. The minimum Gasteiger partial charge on any atom is -0.383 e. The summed E-state index contributed by atoms with van der Waals surface area (Å²) in [6.45, 7) is 4.42. The van der Waals surface area contributed by atoms with Crippen LogP contribution in [-0.2, 0) is 9.47 Å². The highest BCUT2D eigenvalue weighted by molar-refractivity contribution is 5.35. The number of hydrogen-bond donors (Lipinski definition) is 1. The van der Waals surface area contributed by atoms with Gasteiger partial charge in [-0.3, -0.25) is 4.57 Å². The summed E-state index contributed by atoms with van der Waals surface area (Å²) >= 11 is 0. The molecule has 1 aliphatic heterocycles. The van der Waals surface area contributed by atoms with E-state index in [9.17, 15) is 4.79 Å². The molecule has 1 aliphatic rings. The number of nitrogens with zero attached hydrogens (tertiary/aromatic N) is 2. The summed E-state index contributed by atoms with van der Waals surface area (Å²) in [4.78, 5) is 15.6. The van der Waals surface area contributed by atoms with E-state index >= 15 is 0 Å². The molecule has 0 aromatic carbocycles. The molecule has 6 heteroatoms. The lowest BCUT2D eigenvalue weighted by atomic mass is 10.1. The number of nitrogen functional groups attached to an aromatic ring is 1. The van der Waals surface area contributed by atoms with Gasteiger partial charge < -0.3 is 15.2 Å². The molecule has 0 bridgehead atoms. The molecule has 0 radical (unpaired) electrons. The van der Waals surface area contributed by atoms with Gasteiger partial charge in [-0.05, 0) is 13.3 Å². The van der Waals surface area contributed by atoms with E-state index in [4.69, 9.17) is 15.2 Å². The second-order valence-electron chi connectivity index (χ2n) is 4.82. The highest BCUT2D eigenvalue weighted by Gasteiger charge is 2.34. The van der Waals surface area contributed by atoms with E-state index < -0.39 is 0 Å². The van der Waals surface area contributed by atoms with Crippen molar-refractivity contribution >= 4 is 5.82 Å². The molecule has 3 atom stereocenters. The standard InChI is InChI=1S/C12H19N3O3/c1-7-4-9(6-17-3)18-11(7)15-5-8(2)10(13)14-12(15)16/h5,7,9,11H,4,6H2,1-3H3,(H2,13,14,16). The van der Waals surface area contributed by atoms with E-state index in [1.165, 1.54) is 4.57 Å². The Labute approximate surface area is 106 Å². The monoisotopic (exact) mass is 253 g/mol. The minimum absolute atomic E-state index is 0.0276. The van der Waals surface area contributed by atoms with Gasteiger partial charge in [0, 0.05) is 24.8 Å². The van der Waals surface area contributed by atoms with Gasteiger partial charge >= 0.3 is 5.69 Å². The van der Waals surface area contributed by atoms with Gasteiger partial charge in [0.2, 0.25) is 0 Å². The lowest BCUT2D eigenvalue weighted by Crippen LogP contribution is -2.30. The molecule has 0 amide bonds. The van der Waals surface area contributed by atoms with Crippen LogP contribution in [0.1, 0.15) is 25.1 Å². The van der Waals surface area contributed by atoms with E-state index in [2.05, 4.69) is 11.9 Å². The molecule has 3 unspecified atom stereocenters. The second-order valence-corrected chi connectivity index (χ2v) is 4.82. The third-order valence-electron chi connectivity index (χ3n) is 3.25. The van der Waals surface area contributed by atoms with Crippen molar-refractivity contribution in [3.63, 3.8) is 0 Å². The number of hydrogen-bond acceptors (Lipinski definition) is 5. The molecule has 1 aromatic rings. The molecule has 18 heavy (non-hydrogen) atoms. The van der Waals surface area contributed by atoms with Crippen molar-refractivity contribution in [3.05, 3.63) is 22.2 Å². The van der Waals surface area contributed by atoms with Crippen LogP contribution in [-0.4, -0.2) is 29.4 Å². The third-order valence-corrected chi connectivity index (χ3v) is 3.25. The molecule has 0 spiro atoms. The van der Waals surface area contributed by atoms with Gasteiger partial charge in [-0.1, -0.05) is 6.92 Å². The fourth-order valence-electron chi connectivity index (χ4n) is 2.31. The fraction of sp³-hybridized carbons (Fsp3) is 0.667. The van der Waals surface area contributed by atoms with Crippen LogP contribution >= 0.6 is 0 Å². The minimum atomic E-state index is -0.368. The topological polar surface area (TPSA) is 79.4 Å². The first-order valence-corrected chi connectivity index (χ1v) is 6.02. The molecule has 6 nitrogen and oxygen atoms in total. The summed E-state index contributed by atoms with van der Waals surface area (Å²) in [6, 6.07) is 0. The molecule has 1 aromatic heterocycles. The first-order chi connectivity index (χ1) is 8.52. The summed E-state index contributed by atoms with van der Waals surface area (Å²) in [5.74, 6) is 0.517. The number of anilines is 1. The predicted octanol–water partition coefficient (Wildman–Crippen LogP) is 0.704. The number of methoxy groups -OCH3 is 1. The van der Waals surface area contributed by atoms with Gasteiger partial charge in [-0.15, -0.1) is 0 Å². The average Bonchev–Trinajstić information content (AvgIpc) is 2.65. The fourth-order valence-corrected chi connectivity index (χ4v) is 2.31. The Kier molecular flexibility index (Phi) is 3.68. The van der Waals surface area contributed by atoms with Crippen LogP contribution in [0.5, 0.6) is 0 Å². The van der Waals surface area contributed by atoms with Crippen molar-refractivity contribution < 1.29 is 9.47 Å². The van der Waals surface area contributed by atoms with Gasteiger partial charge in [-0.2, -0.15) is 4.98 Å². The van der Waals surface area contributed by atoms with Crippen molar-refractivity contribution in [2.75, 3.05) is 19.5 Å². The normalized spacial score (nSPS) is 27.6. The maximum Gasteiger partial charge on any atom is 0.351 e. The molecular formula is C12H19N3O3. The average molecular weight is 253 g/mol. The number of nitrogens with two attached hydrogens (primary N) is 1. The second kappa shape index (κ2) is 5.07. The van der Waals surface area contributed by atoms with Gasteiger partial charge in [0.15, 0.2) is 0 Å². The smallest absolute Gasteiger partial charge is 0.351 e. The number of ether oxygens (including phenoxy) is 2. The highest BCUT2D eigenvalue weighted by Crippen LogP contribution is 2.33. The summed E-state index contributed by atoms with van der Waals surface area (Å²) in [7, 11) is 1.64. The molecule has 1 saturated heterocycles. The van der Waals surface area contributed by atoms with E-state index in [0.717, 1.165) is 12.0 Å². The van der Waals surface area contributed by atoms with Crippen LogP contribution in [0.3, 0.4) is 0 Å². The number of rotatable bonds is 3. The Morgan fingerprint density at radius 2 is 2.39 bits per heavy atom. The van der Waals surface area contributed by atoms with Crippen molar-refractivity contribution in [2.45, 2.75) is 32.6 Å². The van der Waals surface area contributed by atoms with Crippen LogP contribution < -0.4 is 11.4 Å².